The molecule has 0 aromatic heterocycles. The lowest BCUT2D eigenvalue weighted by Gasteiger charge is -2.25. The summed E-state index contributed by atoms with van der Waals surface area (Å²) in [6, 6.07) is 0. The molecule has 0 saturated carbocycles. The van der Waals surface area contributed by atoms with E-state index in [1.165, 1.54) is 199 Å². The highest BCUT2D eigenvalue weighted by Gasteiger charge is 2.25. The Kier molecular flexibility index (Phi) is 56.8. The fourth-order valence-corrected chi connectivity index (χ4v) is 9.34. The maximum absolute atomic E-state index is 12.9. The Labute approximate surface area is 475 Å². The predicted molar refractivity (Wildman–Crippen MR) is 327 cm³/mol. The molecule has 2 unspecified atom stereocenters. The van der Waals surface area contributed by atoms with Crippen molar-refractivity contribution in [1.29, 1.82) is 0 Å². The average molecular weight is 1080 g/mol. The normalized spacial score (nSPS) is 13.1. The van der Waals surface area contributed by atoms with Crippen molar-refractivity contribution in [3.8, 4) is 0 Å². The summed E-state index contributed by atoms with van der Waals surface area (Å²) < 4.78 is 23.0. The molecular weight excluding hydrogens is 959 g/mol. The van der Waals surface area contributed by atoms with Crippen LogP contribution in [0.2, 0.25) is 0 Å². The van der Waals surface area contributed by atoms with Gasteiger partial charge >= 0.3 is 17.9 Å². The van der Waals surface area contributed by atoms with Gasteiger partial charge in [0.05, 0.1) is 34.4 Å². The maximum atomic E-state index is 12.9. The molecule has 0 rings (SSSR count). The number of carbonyl (C=O) groups excluding carboxylic acids is 2. The fourth-order valence-electron chi connectivity index (χ4n) is 9.34. The molecule has 0 aliphatic carbocycles. The number of ether oxygens (including phenoxy) is 4. The number of aliphatic carboxylic acids is 1. The van der Waals surface area contributed by atoms with Crippen LogP contribution in [0.1, 0.15) is 296 Å². The first kappa shape index (κ1) is 74.0. The summed E-state index contributed by atoms with van der Waals surface area (Å²) in [5.41, 5.74) is 0. The van der Waals surface area contributed by atoms with Crippen molar-refractivity contribution in [3.63, 3.8) is 0 Å². The largest absolute Gasteiger partial charge is 0.477 e. The van der Waals surface area contributed by atoms with Crippen LogP contribution >= 0.6 is 0 Å². The van der Waals surface area contributed by atoms with Crippen LogP contribution in [0.25, 0.3) is 0 Å². The van der Waals surface area contributed by atoms with Gasteiger partial charge in [-0.05, 0) is 57.8 Å². The number of quaternary nitrogens is 1. The van der Waals surface area contributed by atoms with Gasteiger partial charge in [0, 0.05) is 12.8 Å². The minimum Gasteiger partial charge on any atom is -0.477 e. The second-order valence-corrected chi connectivity index (χ2v) is 23.1. The van der Waals surface area contributed by atoms with Gasteiger partial charge in [-0.25, -0.2) is 4.79 Å². The van der Waals surface area contributed by atoms with Gasteiger partial charge in [-0.15, -0.1) is 0 Å². The number of unbranched alkanes of at least 4 members (excludes halogenated alkanes) is 35. The third-order valence-electron chi connectivity index (χ3n) is 14.3. The summed E-state index contributed by atoms with van der Waals surface area (Å²) in [6.07, 6.45) is 73.1. The van der Waals surface area contributed by atoms with E-state index in [-0.39, 0.29) is 32.2 Å². The molecule has 1 N–H and O–H groups in total. The second kappa shape index (κ2) is 59.1. The van der Waals surface area contributed by atoms with Crippen molar-refractivity contribution in [3.05, 3.63) is 60.8 Å². The number of carboxylic acids is 1. The number of nitrogens with zero attached hydrogens (tertiary/aromatic N) is 1. The number of hydrogen-bond acceptors (Lipinski definition) is 7. The van der Waals surface area contributed by atoms with E-state index < -0.39 is 24.3 Å². The number of rotatable bonds is 60. The molecule has 448 valence electrons. The van der Waals surface area contributed by atoms with Gasteiger partial charge in [-0.3, -0.25) is 9.59 Å². The van der Waals surface area contributed by atoms with Gasteiger partial charge in [-0.2, -0.15) is 0 Å². The smallest absolute Gasteiger partial charge is 0.361 e. The topological polar surface area (TPSA) is 108 Å². The zero-order valence-corrected chi connectivity index (χ0v) is 51.1. The number of esters is 2. The summed E-state index contributed by atoms with van der Waals surface area (Å²) in [5.74, 6) is -1.99. The van der Waals surface area contributed by atoms with E-state index >= 15 is 0 Å². The Bertz CT molecular complexity index is 1450. The number of carboxylic acid groups (broad SMARTS) is 1. The summed E-state index contributed by atoms with van der Waals surface area (Å²) in [5, 5.41) is 9.73. The quantitative estimate of drug-likeness (QED) is 0.0211. The summed E-state index contributed by atoms with van der Waals surface area (Å²) in [4.78, 5) is 37.5. The average Bonchev–Trinajstić information content (AvgIpc) is 3.40. The van der Waals surface area contributed by atoms with Crippen molar-refractivity contribution in [1.82, 2.24) is 0 Å². The van der Waals surface area contributed by atoms with Crippen molar-refractivity contribution >= 4 is 17.9 Å². The standard InChI is InChI=1S/C68H123NO8/c1-6-8-10-12-14-16-18-20-22-24-26-28-30-31-32-33-34-35-37-39-41-43-45-47-49-51-53-55-57-59-66(71)77-64(63-76-68(67(72)73)74-61-60-69(3,4)5)62-75-65(70)58-56-54-52-50-48-46-44-42-40-38-36-29-27-25-23-21-19-17-15-13-11-9-7-2/h8,10,14,16,20,22,26,28,31-32,64,68H,6-7,9,11-13,15,17-19,21,23-25,27,29-30,33-63H2,1-5H3/p+1/b10-8-,16-14-,22-20-,28-26-,32-31-. The molecule has 0 heterocycles. The molecule has 77 heavy (non-hydrogen) atoms. The molecular formula is C68H124NO8+. The molecule has 0 bridgehead atoms. The third-order valence-corrected chi connectivity index (χ3v) is 14.3. The summed E-state index contributed by atoms with van der Waals surface area (Å²) >= 11 is 0. The van der Waals surface area contributed by atoms with Gasteiger partial charge in [0.2, 0.25) is 0 Å². The number of likely N-dealkylation sites (N-methyl/N-ethyl adjacent to an activating group) is 1. The molecule has 0 amide bonds. The Morgan fingerprint density at radius 3 is 1.10 bits per heavy atom. The fraction of sp³-hybridized carbons (Fsp3) is 0.809. The molecule has 0 aliphatic heterocycles. The second-order valence-electron chi connectivity index (χ2n) is 23.1. The Balaban J connectivity index is 4.15. The van der Waals surface area contributed by atoms with Crippen LogP contribution in [0.5, 0.6) is 0 Å². The number of carbonyl (C=O) groups is 3. The first-order chi connectivity index (χ1) is 37.6. The van der Waals surface area contributed by atoms with Crippen LogP contribution in [0.4, 0.5) is 0 Å². The van der Waals surface area contributed by atoms with E-state index in [9.17, 15) is 19.5 Å². The molecule has 0 saturated heterocycles. The van der Waals surface area contributed by atoms with E-state index in [0.29, 0.717) is 17.4 Å². The third kappa shape index (κ3) is 60.5. The van der Waals surface area contributed by atoms with E-state index in [4.69, 9.17) is 18.9 Å². The van der Waals surface area contributed by atoms with Crippen LogP contribution in [0.15, 0.2) is 60.8 Å². The monoisotopic (exact) mass is 1080 g/mol. The Morgan fingerprint density at radius 2 is 0.740 bits per heavy atom. The van der Waals surface area contributed by atoms with E-state index in [1.54, 1.807) is 0 Å². The molecule has 0 aliphatic rings. The zero-order chi connectivity index (χ0) is 56.2. The maximum Gasteiger partial charge on any atom is 0.361 e. The lowest BCUT2D eigenvalue weighted by atomic mass is 10.0. The lowest BCUT2D eigenvalue weighted by Crippen LogP contribution is -2.40. The number of allylic oxidation sites excluding steroid dienone is 10. The van der Waals surface area contributed by atoms with Gasteiger partial charge in [-0.1, -0.05) is 286 Å². The van der Waals surface area contributed by atoms with Gasteiger partial charge in [0.25, 0.3) is 6.29 Å². The molecule has 0 spiro atoms. The summed E-state index contributed by atoms with van der Waals surface area (Å²) in [6.45, 7) is 4.81. The zero-order valence-electron chi connectivity index (χ0n) is 51.1. The first-order valence-electron chi connectivity index (χ1n) is 32.5. The van der Waals surface area contributed by atoms with Crippen molar-refractivity contribution in [2.75, 3.05) is 47.5 Å². The van der Waals surface area contributed by atoms with Crippen molar-refractivity contribution in [2.24, 2.45) is 0 Å². The van der Waals surface area contributed by atoms with Crippen LogP contribution < -0.4 is 0 Å². The summed E-state index contributed by atoms with van der Waals surface area (Å²) in [7, 11) is 5.98. The molecule has 2 atom stereocenters. The SMILES string of the molecule is CC/C=C\C/C=C\C/C=C\C/C=C\C/C=C\CCCCCCCCCCCCCCCC(=O)OC(COC(=O)CCCCCCCCCCCCCCCCCCCCCCCCC)COC(OCC[N+](C)(C)C)C(=O)O. The first-order valence-corrected chi connectivity index (χ1v) is 32.5. The molecule has 9 nitrogen and oxygen atoms in total. The van der Waals surface area contributed by atoms with E-state index in [0.717, 1.165) is 70.6 Å². The van der Waals surface area contributed by atoms with Gasteiger partial charge in [0.1, 0.15) is 13.2 Å². The highest BCUT2D eigenvalue weighted by molar-refractivity contribution is 5.71. The molecule has 9 heteroatoms. The predicted octanol–water partition coefficient (Wildman–Crippen LogP) is 19.6. The van der Waals surface area contributed by atoms with Crippen LogP contribution in [0.3, 0.4) is 0 Å². The van der Waals surface area contributed by atoms with Crippen molar-refractivity contribution < 1.29 is 42.9 Å². The minimum absolute atomic E-state index is 0.180. The van der Waals surface area contributed by atoms with Gasteiger partial charge in [0.15, 0.2) is 6.10 Å². The van der Waals surface area contributed by atoms with Crippen molar-refractivity contribution in [2.45, 2.75) is 309 Å². The van der Waals surface area contributed by atoms with Gasteiger partial charge < -0.3 is 28.5 Å². The highest BCUT2D eigenvalue weighted by atomic mass is 16.7. The minimum atomic E-state index is -1.51. The van der Waals surface area contributed by atoms with Crippen LogP contribution in [-0.2, 0) is 33.3 Å². The number of hydrogen-bond donors (Lipinski definition) is 1. The molecule has 0 fully saturated rings. The van der Waals surface area contributed by atoms with E-state index in [2.05, 4.69) is 74.6 Å². The van der Waals surface area contributed by atoms with Crippen LogP contribution in [-0.4, -0.2) is 87.4 Å². The molecule has 0 aromatic carbocycles. The molecule has 0 aromatic rings. The highest BCUT2D eigenvalue weighted by Crippen LogP contribution is 2.18. The molecule has 0 radical (unpaired) electrons. The Hall–Kier alpha value is -3.01. The lowest BCUT2D eigenvalue weighted by molar-refractivity contribution is -0.870. The van der Waals surface area contributed by atoms with E-state index in [1.807, 2.05) is 21.1 Å². The van der Waals surface area contributed by atoms with Crippen LogP contribution in [0, 0.1) is 0 Å². The Morgan fingerprint density at radius 1 is 0.403 bits per heavy atom.